The van der Waals surface area contributed by atoms with Gasteiger partial charge >= 0.3 is 0 Å². The molecule has 8 heteroatoms. The van der Waals surface area contributed by atoms with Gasteiger partial charge in [0.15, 0.2) is 0 Å². The second kappa shape index (κ2) is 8.45. The second-order valence-corrected chi connectivity index (χ2v) is 7.43. The Kier molecular flexibility index (Phi) is 7.55. The van der Waals surface area contributed by atoms with Gasteiger partial charge in [-0.1, -0.05) is 18.5 Å². The Hall–Kier alpha value is -0.400. The molecule has 0 atom stereocenters. The lowest BCUT2D eigenvalue weighted by atomic mass is 10.1. The largest absolute Gasteiger partial charge is 0.303 e. The molecule has 2 rings (SSSR count). The molecule has 22 heavy (non-hydrogen) atoms. The maximum absolute atomic E-state index is 13.8. The topological polar surface area (TPSA) is 49.4 Å². The van der Waals surface area contributed by atoms with Crippen LogP contribution >= 0.6 is 24.0 Å². The van der Waals surface area contributed by atoms with Gasteiger partial charge in [0.2, 0.25) is 10.0 Å². The van der Waals surface area contributed by atoms with Crippen molar-refractivity contribution in [1.29, 1.82) is 0 Å². The van der Waals surface area contributed by atoms with Crippen molar-refractivity contribution >= 4 is 34.0 Å². The first-order valence-electron chi connectivity index (χ1n) is 7.12. The Morgan fingerprint density at radius 1 is 1.36 bits per heavy atom. The summed E-state index contributed by atoms with van der Waals surface area (Å²) in [7, 11) is -3.84. The van der Waals surface area contributed by atoms with Crippen molar-refractivity contribution in [2.45, 2.75) is 37.1 Å². The Bertz CT molecular complexity index is 591. The van der Waals surface area contributed by atoms with E-state index in [2.05, 4.69) is 16.5 Å². The smallest absolute Gasteiger partial charge is 0.243 e. The number of likely N-dealkylation sites (tertiary alicyclic amines) is 1. The van der Waals surface area contributed by atoms with E-state index >= 15 is 0 Å². The summed E-state index contributed by atoms with van der Waals surface area (Å²) in [5.74, 6) is -0.821. The minimum absolute atomic E-state index is 0. The van der Waals surface area contributed by atoms with Crippen molar-refractivity contribution in [2.24, 2.45) is 0 Å². The Labute approximate surface area is 142 Å². The number of rotatable bonds is 5. The monoisotopic (exact) mass is 370 g/mol. The molecule has 0 aromatic heterocycles. The minimum Gasteiger partial charge on any atom is -0.303 e. The lowest BCUT2D eigenvalue weighted by Gasteiger charge is -2.31. The van der Waals surface area contributed by atoms with Crippen molar-refractivity contribution in [3.63, 3.8) is 0 Å². The highest BCUT2D eigenvalue weighted by atomic mass is 35.5. The van der Waals surface area contributed by atoms with Crippen molar-refractivity contribution < 1.29 is 12.8 Å². The molecule has 1 aromatic rings. The quantitative estimate of drug-likeness (QED) is 0.866. The molecule has 0 aliphatic carbocycles. The lowest BCUT2D eigenvalue weighted by Crippen LogP contribution is -2.44. The fourth-order valence-corrected chi connectivity index (χ4v) is 4.09. The molecule has 0 spiro atoms. The standard InChI is InChI=1S/C14H20ClFN2O2S.ClH/c1-2-7-18-8-5-12(6-9-18)17-21(19,20)14-4-3-11(15)10-13(14)16;/h3-4,10,12,17H,2,5-9H2,1H3;1H. The zero-order valence-corrected chi connectivity index (χ0v) is 14.8. The van der Waals surface area contributed by atoms with Gasteiger partial charge in [-0.3, -0.25) is 0 Å². The van der Waals surface area contributed by atoms with Crippen molar-refractivity contribution in [3.8, 4) is 0 Å². The number of hydrogen-bond donors (Lipinski definition) is 1. The number of piperidine rings is 1. The Morgan fingerprint density at radius 3 is 2.55 bits per heavy atom. The first-order valence-corrected chi connectivity index (χ1v) is 8.98. The van der Waals surface area contributed by atoms with E-state index in [1.165, 1.54) is 12.1 Å². The van der Waals surface area contributed by atoms with Gasteiger partial charge in [0.25, 0.3) is 0 Å². The number of sulfonamides is 1. The zero-order valence-electron chi connectivity index (χ0n) is 12.4. The van der Waals surface area contributed by atoms with E-state index in [1.54, 1.807) is 0 Å². The molecule has 1 fully saturated rings. The molecule has 1 N–H and O–H groups in total. The maximum atomic E-state index is 13.8. The van der Waals surface area contributed by atoms with Crippen LogP contribution in [0.1, 0.15) is 26.2 Å². The lowest BCUT2D eigenvalue weighted by molar-refractivity contribution is 0.208. The van der Waals surface area contributed by atoms with Gasteiger partial charge in [0.05, 0.1) is 0 Å². The van der Waals surface area contributed by atoms with E-state index in [0.29, 0.717) is 0 Å². The third kappa shape index (κ3) is 5.06. The molecule has 1 saturated heterocycles. The predicted molar refractivity (Wildman–Crippen MR) is 88.7 cm³/mol. The summed E-state index contributed by atoms with van der Waals surface area (Å²) >= 11 is 5.64. The van der Waals surface area contributed by atoms with E-state index in [0.717, 1.165) is 45.0 Å². The number of halogens is 3. The van der Waals surface area contributed by atoms with Crippen LogP contribution in [0.2, 0.25) is 5.02 Å². The van der Waals surface area contributed by atoms with Gasteiger partial charge in [-0.25, -0.2) is 17.5 Å². The number of nitrogens with zero attached hydrogens (tertiary/aromatic N) is 1. The van der Waals surface area contributed by atoms with Crippen molar-refractivity contribution in [2.75, 3.05) is 19.6 Å². The maximum Gasteiger partial charge on any atom is 0.243 e. The van der Waals surface area contributed by atoms with Crippen LogP contribution in [0.4, 0.5) is 4.39 Å². The summed E-state index contributed by atoms with van der Waals surface area (Å²) < 4.78 is 40.8. The molecule has 0 amide bonds. The van der Waals surface area contributed by atoms with Gasteiger partial charge in [-0.2, -0.15) is 0 Å². The molecule has 1 aromatic carbocycles. The minimum atomic E-state index is -3.84. The molecule has 4 nitrogen and oxygen atoms in total. The molecule has 0 unspecified atom stereocenters. The first-order chi connectivity index (χ1) is 9.92. The number of nitrogens with one attached hydrogen (secondary N) is 1. The molecule has 1 heterocycles. The molecule has 0 radical (unpaired) electrons. The van der Waals surface area contributed by atoms with Gasteiger partial charge in [0, 0.05) is 11.1 Å². The average molecular weight is 371 g/mol. The highest BCUT2D eigenvalue weighted by Gasteiger charge is 2.26. The van der Waals surface area contributed by atoms with Crippen LogP contribution in [0.3, 0.4) is 0 Å². The third-order valence-electron chi connectivity index (χ3n) is 3.63. The highest BCUT2D eigenvalue weighted by molar-refractivity contribution is 7.89. The van der Waals surface area contributed by atoms with Crippen LogP contribution in [0.5, 0.6) is 0 Å². The van der Waals surface area contributed by atoms with Crippen LogP contribution in [0.25, 0.3) is 0 Å². The van der Waals surface area contributed by atoms with Gasteiger partial charge < -0.3 is 4.90 Å². The number of hydrogen-bond acceptors (Lipinski definition) is 3. The average Bonchev–Trinajstić information content (AvgIpc) is 2.40. The Balaban J connectivity index is 0.00000242. The summed E-state index contributed by atoms with van der Waals surface area (Å²) in [6, 6.07) is 3.45. The fourth-order valence-electron chi connectivity index (χ4n) is 2.57. The molecule has 1 aliphatic rings. The summed E-state index contributed by atoms with van der Waals surface area (Å²) in [5, 5.41) is 0.180. The van der Waals surface area contributed by atoms with Crippen LogP contribution < -0.4 is 4.72 Å². The van der Waals surface area contributed by atoms with E-state index in [9.17, 15) is 12.8 Å². The van der Waals surface area contributed by atoms with Crippen molar-refractivity contribution in [1.82, 2.24) is 9.62 Å². The summed E-state index contributed by atoms with van der Waals surface area (Å²) in [6.07, 6.45) is 2.58. The van der Waals surface area contributed by atoms with Gasteiger partial charge in [0.1, 0.15) is 10.7 Å². The molecule has 0 saturated carbocycles. The Morgan fingerprint density at radius 2 is 2.00 bits per heavy atom. The van der Waals surface area contributed by atoms with E-state index in [-0.39, 0.29) is 28.4 Å². The molecule has 0 bridgehead atoms. The second-order valence-electron chi connectivity index (χ2n) is 5.31. The van der Waals surface area contributed by atoms with Crippen LogP contribution in [0.15, 0.2) is 23.1 Å². The zero-order chi connectivity index (χ0) is 15.5. The highest BCUT2D eigenvalue weighted by Crippen LogP contribution is 2.20. The van der Waals surface area contributed by atoms with E-state index in [1.807, 2.05) is 0 Å². The third-order valence-corrected chi connectivity index (χ3v) is 5.42. The van der Waals surface area contributed by atoms with Crippen LogP contribution in [0, 0.1) is 5.82 Å². The molecule has 1 aliphatic heterocycles. The summed E-state index contributed by atoms with van der Waals surface area (Å²) in [4.78, 5) is 1.97. The van der Waals surface area contributed by atoms with Crippen LogP contribution in [-0.2, 0) is 10.0 Å². The van der Waals surface area contributed by atoms with Gasteiger partial charge in [-0.05, 0) is 57.1 Å². The molecule has 126 valence electrons. The van der Waals surface area contributed by atoms with E-state index < -0.39 is 15.8 Å². The predicted octanol–water partition coefficient (Wildman–Crippen LogP) is 3.05. The normalized spacial score (nSPS) is 17.2. The molecular weight excluding hydrogens is 350 g/mol. The first kappa shape index (κ1) is 19.6. The van der Waals surface area contributed by atoms with E-state index in [4.69, 9.17) is 11.6 Å². The van der Waals surface area contributed by atoms with Crippen LogP contribution in [-0.4, -0.2) is 39.0 Å². The number of benzene rings is 1. The SMILES string of the molecule is CCCN1CCC(NS(=O)(=O)c2ccc(Cl)cc2F)CC1.Cl. The van der Waals surface area contributed by atoms with Gasteiger partial charge in [-0.15, -0.1) is 12.4 Å². The summed E-state index contributed by atoms with van der Waals surface area (Å²) in [6.45, 7) is 4.89. The molecular formula is C14H21Cl2FN2O2S. The summed E-state index contributed by atoms with van der Waals surface area (Å²) in [5.41, 5.74) is 0. The fraction of sp³-hybridized carbons (Fsp3) is 0.571. The van der Waals surface area contributed by atoms with Crippen molar-refractivity contribution in [3.05, 3.63) is 29.0 Å².